The van der Waals surface area contributed by atoms with Crippen molar-refractivity contribution in [2.24, 2.45) is 0 Å². The Morgan fingerprint density at radius 1 is 1.39 bits per heavy atom. The Hall–Kier alpha value is -1.35. The Kier molecular flexibility index (Phi) is 3.71. The number of carbonyl (C=O) groups excluding carboxylic acids is 1. The molecule has 1 saturated heterocycles. The molecule has 0 saturated carbocycles. The molecule has 0 aliphatic carbocycles. The van der Waals surface area contributed by atoms with Gasteiger partial charge in [0, 0.05) is 13.1 Å². The lowest BCUT2D eigenvalue weighted by atomic mass is 9.73. The fourth-order valence-corrected chi connectivity index (χ4v) is 2.58. The van der Waals surface area contributed by atoms with Crippen molar-refractivity contribution in [1.29, 1.82) is 0 Å². The van der Waals surface area contributed by atoms with Crippen molar-refractivity contribution >= 4 is 5.97 Å². The predicted molar refractivity (Wildman–Crippen MR) is 71.6 cm³/mol. The SMILES string of the molecule is CCOC(=O)C1(c2cccc(C)c2)CN(CC)C1. The lowest BCUT2D eigenvalue weighted by molar-refractivity contribution is -0.157. The van der Waals surface area contributed by atoms with Crippen LogP contribution in [0.15, 0.2) is 24.3 Å². The molecule has 0 atom stereocenters. The summed E-state index contributed by atoms with van der Waals surface area (Å²) in [5, 5.41) is 0. The highest BCUT2D eigenvalue weighted by atomic mass is 16.5. The number of esters is 1. The number of benzene rings is 1. The quantitative estimate of drug-likeness (QED) is 0.763. The van der Waals surface area contributed by atoms with Crippen LogP contribution in [0.3, 0.4) is 0 Å². The number of nitrogens with zero attached hydrogens (tertiary/aromatic N) is 1. The Balaban J connectivity index is 2.29. The molecule has 1 fully saturated rings. The first kappa shape index (κ1) is 13.1. The summed E-state index contributed by atoms with van der Waals surface area (Å²) in [7, 11) is 0. The molecule has 3 nitrogen and oxygen atoms in total. The standard InChI is InChI=1S/C15H21NO2/c1-4-16-10-15(11-16,14(17)18-5-2)13-8-6-7-12(3)9-13/h6-9H,4-5,10-11H2,1-3H3. The van der Waals surface area contributed by atoms with E-state index in [9.17, 15) is 4.79 Å². The molecule has 1 aromatic carbocycles. The van der Waals surface area contributed by atoms with E-state index in [1.807, 2.05) is 19.1 Å². The first-order valence-electron chi connectivity index (χ1n) is 6.59. The number of hydrogen-bond acceptors (Lipinski definition) is 3. The molecule has 2 rings (SSSR count). The maximum atomic E-state index is 12.3. The second-order valence-electron chi connectivity index (χ2n) is 4.98. The van der Waals surface area contributed by atoms with Crippen molar-refractivity contribution in [2.75, 3.05) is 26.2 Å². The smallest absolute Gasteiger partial charge is 0.319 e. The molecule has 1 heterocycles. The van der Waals surface area contributed by atoms with Crippen molar-refractivity contribution < 1.29 is 9.53 Å². The molecular formula is C15H21NO2. The normalized spacial score (nSPS) is 18.2. The third kappa shape index (κ3) is 2.15. The molecule has 98 valence electrons. The van der Waals surface area contributed by atoms with Crippen LogP contribution in [0, 0.1) is 6.92 Å². The summed E-state index contributed by atoms with van der Waals surface area (Å²) in [4.78, 5) is 14.5. The molecule has 0 aromatic heterocycles. The van der Waals surface area contributed by atoms with Crippen molar-refractivity contribution in [1.82, 2.24) is 4.90 Å². The highest BCUT2D eigenvalue weighted by molar-refractivity contribution is 5.85. The zero-order chi connectivity index (χ0) is 13.2. The third-order valence-corrected chi connectivity index (χ3v) is 3.67. The average molecular weight is 247 g/mol. The number of likely N-dealkylation sites (N-methyl/N-ethyl adjacent to an activating group) is 1. The number of likely N-dealkylation sites (tertiary alicyclic amines) is 1. The molecule has 0 spiro atoms. The monoisotopic (exact) mass is 247 g/mol. The van der Waals surface area contributed by atoms with Crippen LogP contribution in [0.2, 0.25) is 0 Å². The third-order valence-electron chi connectivity index (χ3n) is 3.67. The van der Waals surface area contributed by atoms with E-state index in [-0.39, 0.29) is 5.97 Å². The largest absolute Gasteiger partial charge is 0.465 e. The van der Waals surface area contributed by atoms with Gasteiger partial charge in [0.2, 0.25) is 0 Å². The van der Waals surface area contributed by atoms with Crippen LogP contribution in [0.25, 0.3) is 0 Å². The molecule has 0 radical (unpaired) electrons. The average Bonchev–Trinajstić information content (AvgIpc) is 2.28. The van der Waals surface area contributed by atoms with Gasteiger partial charge in [-0.05, 0) is 26.0 Å². The molecule has 18 heavy (non-hydrogen) atoms. The van der Waals surface area contributed by atoms with E-state index in [0.717, 1.165) is 25.2 Å². The molecule has 0 N–H and O–H groups in total. The highest BCUT2D eigenvalue weighted by Crippen LogP contribution is 2.36. The van der Waals surface area contributed by atoms with Crippen molar-refractivity contribution in [3.8, 4) is 0 Å². The van der Waals surface area contributed by atoms with Crippen LogP contribution in [-0.2, 0) is 14.9 Å². The molecular weight excluding hydrogens is 226 g/mol. The van der Waals surface area contributed by atoms with Crippen molar-refractivity contribution in [3.05, 3.63) is 35.4 Å². The summed E-state index contributed by atoms with van der Waals surface area (Å²) in [5.74, 6) is -0.0831. The van der Waals surface area contributed by atoms with Crippen LogP contribution in [0.4, 0.5) is 0 Å². The van der Waals surface area contributed by atoms with Crippen LogP contribution in [0.5, 0.6) is 0 Å². The topological polar surface area (TPSA) is 29.5 Å². The van der Waals surface area contributed by atoms with Gasteiger partial charge in [0.05, 0.1) is 6.61 Å². The summed E-state index contributed by atoms with van der Waals surface area (Å²) in [6.45, 7) is 8.99. The zero-order valence-corrected chi connectivity index (χ0v) is 11.4. The first-order chi connectivity index (χ1) is 8.62. The van der Waals surface area contributed by atoms with E-state index in [1.54, 1.807) is 0 Å². The van der Waals surface area contributed by atoms with Gasteiger partial charge in [0.1, 0.15) is 5.41 Å². The van der Waals surface area contributed by atoms with E-state index in [1.165, 1.54) is 5.56 Å². The summed E-state index contributed by atoms with van der Waals surface area (Å²) >= 11 is 0. The molecule has 0 unspecified atom stereocenters. The minimum absolute atomic E-state index is 0.0831. The van der Waals surface area contributed by atoms with Gasteiger partial charge in [-0.2, -0.15) is 0 Å². The zero-order valence-electron chi connectivity index (χ0n) is 11.4. The number of rotatable bonds is 4. The van der Waals surface area contributed by atoms with Crippen LogP contribution >= 0.6 is 0 Å². The number of ether oxygens (including phenoxy) is 1. The van der Waals surface area contributed by atoms with Gasteiger partial charge >= 0.3 is 5.97 Å². The van der Waals surface area contributed by atoms with E-state index < -0.39 is 5.41 Å². The molecule has 1 aliphatic heterocycles. The van der Waals surface area contributed by atoms with Gasteiger partial charge in [-0.25, -0.2) is 0 Å². The van der Waals surface area contributed by atoms with E-state index >= 15 is 0 Å². The number of carbonyl (C=O) groups is 1. The van der Waals surface area contributed by atoms with Crippen LogP contribution in [0.1, 0.15) is 25.0 Å². The minimum atomic E-state index is -0.446. The Morgan fingerprint density at radius 2 is 2.11 bits per heavy atom. The predicted octanol–water partition coefficient (Wildman–Crippen LogP) is 2.13. The van der Waals surface area contributed by atoms with Gasteiger partial charge < -0.3 is 9.64 Å². The van der Waals surface area contributed by atoms with E-state index in [0.29, 0.717) is 6.61 Å². The maximum absolute atomic E-state index is 12.3. The summed E-state index contributed by atoms with van der Waals surface area (Å²) in [6.07, 6.45) is 0. The molecule has 0 bridgehead atoms. The minimum Gasteiger partial charge on any atom is -0.465 e. The second kappa shape index (κ2) is 5.11. The second-order valence-corrected chi connectivity index (χ2v) is 4.98. The molecule has 3 heteroatoms. The number of hydrogen-bond donors (Lipinski definition) is 0. The number of aryl methyl sites for hydroxylation is 1. The van der Waals surface area contributed by atoms with Gasteiger partial charge in [0.15, 0.2) is 0 Å². The maximum Gasteiger partial charge on any atom is 0.319 e. The Morgan fingerprint density at radius 3 is 2.67 bits per heavy atom. The summed E-state index contributed by atoms with van der Waals surface area (Å²) in [6, 6.07) is 8.21. The van der Waals surface area contributed by atoms with Gasteiger partial charge in [-0.3, -0.25) is 4.79 Å². The summed E-state index contributed by atoms with van der Waals surface area (Å²) in [5.41, 5.74) is 1.83. The van der Waals surface area contributed by atoms with Gasteiger partial charge in [-0.15, -0.1) is 0 Å². The van der Waals surface area contributed by atoms with E-state index in [2.05, 4.69) is 30.9 Å². The van der Waals surface area contributed by atoms with Crippen LogP contribution < -0.4 is 0 Å². The highest BCUT2D eigenvalue weighted by Gasteiger charge is 2.51. The van der Waals surface area contributed by atoms with E-state index in [4.69, 9.17) is 4.74 Å². The lowest BCUT2D eigenvalue weighted by Gasteiger charge is -2.48. The van der Waals surface area contributed by atoms with Gasteiger partial charge in [0.25, 0.3) is 0 Å². The van der Waals surface area contributed by atoms with Crippen molar-refractivity contribution in [2.45, 2.75) is 26.2 Å². The fraction of sp³-hybridized carbons (Fsp3) is 0.533. The van der Waals surface area contributed by atoms with Crippen molar-refractivity contribution in [3.63, 3.8) is 0 Å². The molecule has 1 aliphatic rings. The Bertz CT molecular complexity index is 436. The lowest BCUT2D eigenvalue weighted by Crippen LogP contribution is -2.63. The Labute approximate surface area is 109 Å². The van der Waals surface area contributed by atoms with Crippen LogP contribution in [-0.4, -0.2) is 37.1 Å². The summed E-state index contributed by atoms with van der Waals surface area (Å²) < 4.78 is 5.27. The van der Waals surface area contributed by atoms with Gasteiger partial charge in [-0.1, -0.05) is 36.8 Å². The fourth-order valence-electron chi connectivity index (χ4n) is 2.58. The molecule has 0 amide bonds. The first-order valence-corrected chi connectivity index (χ1v) is 6.59. The molecule has 1 aromatic rings.